The summed E-state index contributed by atoms with van der Waals surface area (Å²) < 4.78 is 10.5. The summed E-state index contributed by atoms with van der Waals surface area (Å²) in [7, 11) is 0. The molecule has 0 bridgehead atoms. The molecule has 0 aliphatic carbocycles. The molecule has 1 amide bonds. The fourth-order valence-corrected chi connectivity index (χ4v) is 3.00. The lowest BCUT2D eigenvalue weighted by Crippen LogP contribution is -2.52. The van der Waals surface area contributed by atoms with Crippen LogP contribution >= 0.6 is 11.6 Å². The summed E-state index contributed by atoms with van der Waals surface area (Å²) in [6.45, 7) is 3.53. The Labute approximate surface area is 168 Å². The van der Waals surface area contributed by atoms with Crippen molar-refractivity contribution in [2.45, 2.75) is 13.0 Å². The number of anilines is 1. The maximum absolute atomic E-state index is 12.5. The van der Waals surface area contributed by atoms with Crippen LogP contribution < -0.4 is 9.64 Å². The van der Waals surface area contributed by atoms with Gasteiger partial charge in [0.15, 0.2) is 12.7 Å². The third kappa shape index (κ3) is 5.32. The molecule has 9 heteroatoms. The topological polar surface area (TPSA) is 84.9 Å². The zero-order valence-electron chi connectivity index (χ0n) is 15.5. The van der Waals surface area contributed by atoms with Crippen LogP contribution in [-0.4, -0.2) is 65.6 Å². The van der Waals surface area contributed by atoms with E-state index in [-0.39, 0.29) is 12.5 Å². The molecule has 3 rings (SSSR count). The molecular weight excluding hydrogens is 384 g/mol. The molecule has 2 heterocycles. The van der Waals surface area contributed by atoms with Gasteiger partial charge in [-0.3, -0.25) is 4.79 Å². The van der Waals surface area contributed by atoms with E-state index in [4.69, 9.17) is 21.1 Å². The lowest BCUT2D eigenvalue weighted by molar-refractivity contribution is -0.160. The molecule has 1 aliphatic rings. The first-order valence-electron chi connectivity index (χ1n) is 8.91. The van der Waals surface area contributed by atoms with Crippen LogP contribution in [-0.2, 0) is 14.3 Å². The fourth-order valence-electron chi connectivity index (χ4n) is 2.82. The number of benzene rings is 1. The zero-order chi connectivity index (χ0) is 19.9. The van der Waals surface area contributed by atoms with Crippen LogP contribution in [0.3, 0.4) is 0 Å². The maximum Gasteiger partial charge on any atom is 0.344 e. The molecule has 1 aliphatic heterocycles. The van der Waals surface area contributed by atoms with Crippen molar-refractivity contribution < 1.29 is 19.1 Å². The SMILES string of the molecule is CC(OC(=O)COc1cccc(Cl)c1)C(=O)N1CCN(c2ncccn2)CC1. The van der Waals surface area contributed by atoms with Gasteiger partial charge in [-0.15, -0.1) is 0 Å². The third-order valence-corrected chi connectivity index (χ3v) is 4.47. The van der Waals surface area contributed by atoms with Crippen LogP contribution in [0.5, 0.6) is 5.75 Å². The molecule has 1 aromatic heterocycles. The summed E-state index contributed by atoms with van der Waals surface area (Å²) in [5.41, 5.74) is 0. The Balaban J connectivity index is 1.43. The number of rotatable bonds is 6. The quantitative estimate of drug-likeness (QED) is 0.678. The molecule has 1 atom stereocenters. The van der Waals surface area contributed by atoms with Gasteiger partial charge in [0.2, 0.25) is 5.95 Å². The van der Waals surface area contributed by atoms with Crippen molar-refractivity contribution in [3.63, 3.8) is 0 Å². The number of aromatic nitrogens is 2. The Kier molecular flexibility index (Phi) is 6.65. The predicted molar refractivity (Wildman–Crippen MR) is 103 cm³/mol. The van der Waals surface area contributed by atoms with Crippen LogP contribution in [0.25, 0.3) is 0 Å². The summed E-state index contributed by atoms with van der Waals surface area (Å²) in [5, 5.41) is 0.509. The molecule has 0 radical (unpaired) electrons. The minimum atomic E-state index is -0.880. The second-order valence-electron chi connectivity index (χ2n) is 6.24. The third-order valence-electron chi connectivity index (χ3n) is 4.24. The van der Waals surface area contributed by atoms with Crippen LogP contribution in [0.1, 0.15) is 6.92 Å². The van der Waals surface area contributed by atoms with Gasteiger partial charge in [-0.25, -0.2) is 14.8 Å². The Morgan fingerprint density at radius 1 is 1.14 bits per heavy atom. The molecule has 28 heavy (non-hydrogen) atoms. The monoisotopic (exact) mass is 404 g/mol. The zero-order valence-corrected chi connectivity index (χ0v) is 16.2. The smallest absolute Gasteiger partial charge is 0.344 e. The number of carbonyl (C=O) groups excluding carboxylic acids is 2. The Morgan fingerprint density at radius 2 is 1.86 bits per heavy atom. The number of hydrogen-bond acceptors (Lipinski definition) is 7. The first-order chi connectivity index (χ1) is 13.5. The number of carbonyl (C=O) groups is 2. The van der Waals surface area contributed by atoms with Gasteiger partial charge in [-0.2, -0.15) is 0 Å². The average molecular weight is 405 g/mol. The molecule has 0 spiro atoms. The lowest BCUT2D eigenvalue weighted by Gasteiger charge is -2.35. The highest BCUT2D eigenvalue weighted by Crippen LogP contribution is 2.17. The van der Waals surface area contributed by atoms with Gasteiger partial charge in [-0.05, 0) is 31.2 Å². The average Bonchev–Trinajstić information content (AvgIpc) is 2.72. The Hall–Kier alpha value is -2.87. The van der Waals surface area contributed by atoms with Crippen LogP contribution in [0.4, 0.5) is 5.95 Å². The second-order valence-corrected chi connectivity index (χ2v) is 6.68. The molecule has 2 aromatic rings. The first-order valence-corrected chi connectivity index (χ1v) is 9.29. The highest BCUT2D eigenvalue weighted by atomic mass is 35.5. The van der Waals surface area contributed by atoms with E-state index in [1.165, 1.54) is 0 Å². The van der Waals surface area contributed by atoms with E-state index in [0.29, 0.717) is 42.9 Å². The minimum Gasteiger partial charge on any atom is -0.482 e. The van der Waals surface area contributed by atoms with Gasteiger partial charge >= 0.3 is 5.97 Å². The maximum atomic E-state index is 12.5. The van der Waals surface area contributed by atoms with Crippen molar-refractivity contribution in [1.29, 1.82) is 0 Å². The fraction of sp³-hybridized carbons (Fsp3) is 0.368. The van der Waals surface area contributed by atoms with Crippen molar-refractivity contribution in [3.8, 4) is 5.75 Å². The van der Waals surface area contributed by atoms with Crippen LogP contribution in [0.15, 0.2) is 42.7 Å². The summed E-state index contributed by atoms with van der Waals surface area (Å²) in [5.74, 6) is 0.261. The van der Waals surface area contributed by atoms with Gasteiger partial charge in [0.05, 0.1) is 0 Å². The van der Waals surface area contributed by atoms with Gasteiger partial charge in [0.25, 0.3) is 5.91 Å². The van der Waals surface area contributed by atoms with E-state index >= 15 is 0 Å². The standard InChI is InChI=1S/C19H21ClN4O4/c1-14(28-17(25)13-27-16-5-2-4-15(20)12-16)18(26)23-8-10-24(11-9-23)19-21-6-3-7-22-19/h2-7,12,14H,8-11,13H2,1H3. The van der Waals surface area contributed by atoms with E-state index in [9.17, 15) is 9.59 Å². The largest absolute Gasteiger partial charge is 0.482 e. The summed E-state index contributed by atoms with van der Waals surface area (Å²) in [6, 6.07) is 8.46. The number of esters is 1. The van der Waals surface area contributed by atoms with Gasteiger partial charge in [-0.1, -0.05) is 17.7 Å². The minimum absolute atomic E-state index is 0.232. The van der Waals surface area contributed by atoms with E-state index < -0.39 is 12.1 Å². The van der Waals surface area contributed by atoms with Crippen molar-refractivity contribution in [2.24, 2.45) is 0 Å². The van der Waals surface area contributed by atoms with E-state index in [1.54, 1.807) is 54.5 Å². The number of amides is 1. The molecular formula is C19H21ClN4O4. The molecule has 1 aromatic carbocycles. The van der Waals surface area contributed by atoms with Gasteiger partial charge in [0, 0.05) is 43.6 Å². The Bertz CT molecular complexity index is 813. The van der Waals surface area contributed by atoms with E-state index in [1.807, 2.05) is 4.90 Å². The van der Waals surface area contributed by atoms with Crippen molar-refractivity contribution in [3.05, 3.63) is 47.7 Å². The summed E-state index contributed by atoms with van der Waals surface area (Å²) in [6.07, 6.45) is 2.50. The molecule has 1 fully saturated rings. The van der Waals surface area contributed by atoms with Crippen molar-refractivity contribution in [2.75, 3.05) is 37.7 Å². The van der Waals surface area contributed by atoms with E-state index in [0.717, 1.165) is 0 Å². The number of halogens is 1. The second kappa shape index (κ2) is 9.36. The highest BCUT2D eigenvalue weighted by Gasteiger charge is 2.28. The molecule has 148 valence electrons. The Morgan fingerprint density at radius 3 is 2.54 bits per heavy atom. The van der Waals surface area contributed by atoms with Crippen LogP contribution in [0, 0.1) is 0 Å². The number of hydrogen-bond donors (Lipinski definition) is 0. The molecule has 0 saturated carbocycles. The number of ether oxygens (including phenoxy) is 2. The van der Waals surface area contributed by atoms with Gasteiger partial charge < -0.3 is 19.3 Å². The predicted octanol–water partition coefficient (Wildman–Crippen LogP) is 1.79. The molecule has 1 unspecified atom stereocenters. The van der Waals surface area contributed by atoms with Gasteiger partial charge in [0.1, 0.15) is 5.75 Å². The number of piperazine rings is 1. The van der Waals surface area contributed by atoms with Crippen molar-refractivity contribution >= 4 is 29.4 Å². The van der Waals surface area contributed by atoms with Crippen molar-refractivity contribution in [1.82, 2.24) is 14.9 Å². The van der Waals surface area contributed by atoms with Crippen LogP contribution in [0.2, 0.25) is 5.02 Å². The summed E-state index contributed by atoms with van der Waals surface area (Å²) >= 11 is 5.86. The molecule has 1 saturated heterocycles. The van der Waals surface area contributed by atoms with E-state index in [2.05, 4.69) is 9.97 Å². The molecule has 0 N–H and O–H groups in total. The first kappa shape index (κ1) is 19.9. The summed E-state index contributed by atoms with van der Waals surface area (Å²) in [4.78, 5) is 36.6. The molecule has 8 nitrogen and oxygen atoms in total. The highest BCUT2D eigenvalue weighted by molar-refractivity contribution is 6.30. The lowest BCUT2D eigenvalue weighted by atomic mass is 10.2. The normalized spacial score (nSPS) is 15.1. The number of nitrogens with zero attached hydrogens (tertiary/aromatic N) is 4.